The molecule has 0 fully saturated rings. The summed E-state index contributed by atoms with van der Waals surface area (Å²) in [5.74, 6) is 0.200. The Labute approximate surface area is 189 Å². The number of amides is 2. The maximum absolute atomic E-state index is 13.7. The second-order valence-electron chi connectivity index (χ2n) is 7.74. The number of carbonyl (C=O) groups is 1. The summed E-state index contributed by atoms with van der Waals surface area (Å²) in [5.41, 5.74) is 4.46. The van der Waals surface area contributed by atoms with Crippen molar-refractivity contribution < 1.29 is 13.9 Å². The highest BCUT2D eigenvalue weighted by Gasteiger charge is 2.34. The number of carbonyl (C=O) groups excluding carboxylic acids is 1. The van der Waals surface area contributed by atoms with Crippen molar-refractivity contribution in [3.63, 3.8) is 0 Å². The first-order valence-corrected chi connectivity index (χ1v) is 10.7. The number of aromatic amines is 1. The fourth-order valence-electron chi connectivity index (χ4n) is 4.42. The molecule has 5 rings (SSSR count). The number of H-pyrrole nitrogens is 1. The number of fused-ring (bicyclic) bond motifs is 3. The maximum atomic E-state index is 13.7. The summed E-state index contributed by atoms with van der Waals surface area (Å²) in [7, 11) is 1.54. The normalized spacial score (nSPS) is 15.5. The largest absolute Gasteiger partial charge is 0.495 e. The lowest BCUT2D eigenvalue weighted by Gasteiger charge is -2.36. The Balaban J connectivity index is 1.57. The van der Waals surface area contributed by atoms with Crippen LogP contribution in [0.25, 0.3) is 10.9 Å². The summed E-state index contributed by atoms with van der Waals surface area (Å²) in [6, 6.07) is 18.8. The number of benzene rings is 3. The SMILES string of the molecule is COc1ccc(Cl)cc1NC(=O)N1CCc2c([nH]c3ccccc23)C1c1ccc(F)cc1. The molecule has 0 spiro atoms. The van der Waals surface area contributed by atoms with Gasteiger partial charge < -0.3 is 19.9 Å². The van der Waals surface area contributed by atoms with E-state index < -0.39 is 6.04 Å². The topological polar surface area (TPSA) is 57.4 Å². The smallest absolute Gasteiger partial charge is 0.322 e. The van der Waals surface area contributed by atoms with Crippen molar-refractivity contribution >= 4 is 34.2 Å². The molecule has 3 aromatic carbocycles. The predicted octanol–water partition coefficient (Wildman–Crippen LogP) is 6.15. The zero-order chi connectivity index (χ0) is 22.2. The average molecular weight is 450 g/mol. The van der Waals surface area contributed by atoms with Crippen LogP contribution in [-0.2, 0) is 6.42 Å². The number of ether oxygens (including phenoxy) is 1. The zero-order valence-electron chi connectivity index (χ0n) is 17.4. The van der Waals surface area contributed by atoms with E-state index in [2.05, 4.69) is 16.4 Å². The van der Waals surface area contributed by atoms with Crippen LogP contribution in [0.3, 0.4) is 0 Å². The third kappa shape index (κ3) is 3.56. The van der Waals surface area contributed by atoms with Crippen LogP contribution in [0.15, 0.2) is 66.7 Å². The Kier molecular flexibility index (Phi) is 5.23. The fraction of sp³-hybridized carbons (Fsp3) is 0.160. The lowest BCUT2D eigenvalue weighted by atomic mass is 9.92. The van der Waals surface area contributed by atoms with E-state index in [0.29, 0.717) is 29.4 Å². The van der Waals surface area contributed by atoms with Crippen molar-refractivity contribution in [1.29, 1.82) is 0 Å². The Morgan fingerprint density at radius 2 is 1.94 bits per heavy atom. The van der Waals surface area contributed by atoms with Gasteiger partial charge in [-0.1, -0.05) is 41.9 Å². The molecule has 1 atom stereocenters. The van der Waals surface area contributed by atoms with Gasteiger partial charge in [-0.2, -0.15) is 0 Å². The summed E-state index contributed by atoms with van der Waals surface area (Å²) >= 11 is 6.13. The summed E-state index contributed by atoms with van der Waals surface area (Å²) in [5, 5.41) is 4.58. The second-order valence-corrected chi connectivity index (χ2v) is 8.17. The monoisotopic (exact) mass is 449 g/mol. The molecular formula is C25H21ClFN3O2. The molecule has 0 aliphatic carbocycles. The third-order valence-electron chi connectivity index (χ3n) is 5.88. The number of hydrogen-bond acceptors (Lipinski definition) is 2. The molecular weight excluding hydrogens is 429 g/mol. The van der Waals surface area contributed by atoms with E-state index in [-0.39, 0.29) is 11.8 Å². The van der Waals surface area contributed by atoms with Gasteiger partial charge in [-0.3, -0.25) is 0 Å². The van der Waals surface area contributed by atoms with E-state index in [1.807, 2.05) is 18.2 Å². The van der Waals surface area contributed by atoms with E-state index in [4.69, 9.17) is 16.3 Å². The number of anilines is 1. The molecule has 162 valence electrons. The van der Waals surface area contributed by atoms with Crippen molar-refractivity contribution in [2.75, 3.05) is 19.0 Å². The first-order chi connectivity index (χ1) is 15.5. The van der Waals surface area contributed by atoms with Crippen LogP contribution < -0.4 is 10.1 Å². The van der Waals surface area contributed by atoms with Crippen molar-refractivity contribution in [3.8, 4) is 5.75 Å². The van der Waals surface area contributed by atoms with Crippen LogP contribution in [0.1, 0.15) is 22.9 Å². The number of hydrogen-bond donors (Lipinski definition) is 2. The Morgan fingerprint density at radius 1 is 1.16 bits per heavy atom. The van der Waals surface area contributed by atoms with Crippen molar-refractivity contribution in [1.82, 2.24) is 9.88 Å². The first kappa shape index (κ1) is 20.4. The van der Waals surface area contributed by atoms with Gasteiger partial charge in [0.1, 0.15) is 11.6 Å². The quantitative estimate of drug-likeness (QED) is 0.394. The highest BCUT2D eigenvalue weighted by Crippen LogP contribution is 2.39. The van der Waals surface area contributed by atoms with Crippen molar-refractivity contribution in [2.45, 2.75) is 12.5 Å². The molecule has 0 saturated carbocycles. The van der Waals surface area contributed by atoms with Crippen molar-refractivity contribution in [3.05, 3.63) is 94.4 Å². The van der Waals surface area contributed by atoms with Crippen LogP contribution in [0, 0.1) is 5.82 Å². The first-order valence-electron chi connectivity index (χ1n) is 10.3. The third-order valence-corrected chi connectivity index (χ3v) is 6.12. The van der Waals surface area contributed by atoms with Crippen LogP contribution in [-0.4, -0.2) is 29.6 Å². The molecule has 32 heavy (non-hydrogen) atoms. The Morgan fingerprint density at radius 3 is 2.72 bits per heavy atom. The molecule has 0 bridgehead atoms. The van der Waals surface area contributed by atoms with Gasteiger partial charge in [-0.05, 0) is 53.9 Å². The molecule has 7 heteroatoms. The van der Waals surface area contributed by atoms with Gasteiger partial charge in [0.25, 0.3) is 0 Å². The Bertz CT molecular complexity index is 1300. The lowest BCUT2D eigenvalue weighted by Crippen LogP contribution is -2.43. The van der Waals surface area contributed by atoms with Gasteiger partial charge in [0.15, 0.2) is 0 Å². The minimum atomic E-state index is -0.392. The molecule has 5 nitrogen and oxygen atoms in total. The van der Waals surface area contributed by atoms with Crippen LogP contribution >= 0.6 is 11.6 Å². The highest BCUT2D eigenvalue weighted by atomic mass is 35.5. The molecule has 2 N–H and O–H groups in total. The van der Waals surface area contributed by atoms with Gasteiger partial charge in [0.05, 0.1) is 18.8 Å². The average Bonchev–Trinajstić information content (AvgIpc) is 3.18. The minimum Gasteiger partial charge on any atom is -0.495 e. The summed E-state index contributed by atoms with van der Waals surface area (Å²) in [6.07, 6.45) is 0.705. The van der Waals surface area contributed by atoms with Gasteiger partial charge in [0, 0.05) is 28.2 Å². The number of nitrogens with zero attached hydrogens (tertiary/aromatic N) is 1. The van der Waals surface area contributed by atoms with E-state index in [1.165, 1.54) is 24.8 Å². The number of halogens is 2. The van der Waals surface area contributed by atoms with E-state index in [0.717, 1.165) is 22.2 Å². The van der Waals surface area contributed by atoms with Gasteiger partial charge in [0.2, 0.25) is 0 Å². The standard InChI is InChI=1S/C25H21ClFN3O2/c1-32-22-11-8-16(26)14-21(22)29-25(31)30-13-12-19-18-4-2-3-5-20(18)28-23(19)24(30)15-6-9-17(27)10-7-15/h2-11,14,24,28H,12-13H2,1H3,(H,29,31). The van der Waals surface area contributed by atoms with Crippen molar-refractivity contribution in [2.24, 2.45) is 0 Å². The lowest BCUT2D eigenvalue weighted by molar-refractivity contribution is 0.193. The van der Waals surface area contributed by atoms with E-state index in [9.17, 15) is 9.18 Å². The minimum absolute atomic E-state index is 0.288. The summed E-state index contributed by atoms with van der Waals surface area (Å²) in [6.45, 7) is 0.506. The Hall–Kier alpha value is -3.51. The molecule has 4 aromatic rings. The zero-order valence-corrected chi connectivity index (χ0v) is 18.1. The molecule has 1 aromatic heterocycles. The number of para-hydroxylation sites is 1. The fourth-order valence-corrected chi connectivity index (χ4v) is 4.59. The maximum Gasteiger partial charge on any atom is 0.322 e. The van der Waals surface area contributed by atoms with Gasteiger partial charge in [-0.25, -0.2) is 9.18 Å². The number of rotatable bonds is 3. The van der Waals surface area contributed by atoms with Crippen LogP contribution in [0.5, 0.6) is 5.75 Å². The molecule has 2 amide bonds. The molecule has 0 radical (unpaired) electrons. The second kappa shape index (κ2) is 8.20. The van der Waals surface area contributed by atoms with Crippen LogP contribution in [0.2, 0.25) is 5.02 Å². The van der Waals surface area contributed by atoms with E-state index >= 15 is 0 Å². The summed E-state index contributed by atoms with van der Waals surface area (Å²) < 4.78 is 19.0. The number of methoxy groups -OCH3 is 1. The molecule has 1 aliphatic heterocycles. The number of urea groups is 1. The predicted molar refractivity (Wildman–Crippen MR) is 124 cm³/mol. The highest BCUT2D eigenvalue weighted by molar-refractivity contribution is 6.31. The molecule has 1 unspecified atom stereocenters. The number of aromatic nitrogens is 1. The summed E-state index contributed by atoms with van der Waals surface area (Å²) in [4.78, 5) is 18.7. The molecule has 1 aliphatic rings. The van der Waals surface area contributed by atoms with Gasteiger partial charge >= 0.3 is 6.03 Å². The van der Waals surface area contributed by atoms with E-state index in [1.54, 1.807) is 35.2 Å². The van der Waals surface area contributed by atoms with Crippen LogP contribution in [0.4, 0.5) is 14.9 Å². The molecule has 0 saturated heterocycles. The van der Waals surface area contributed by atoms with Gasteiger partial charge in [-0.15, -0.1) is 0 Å². The number of nitrogens with one attached hydrogen (secondary N) is 2. The molecule has 2 heterocycles.